The summed E-state index contributed by atoms with van der Waals surface area (Å²) < 4.78 is 5.48. The van der Waals surface area contributed by atoms with E-state index < -0.39 is 0 Å². The monoisotopic (exact) mass is 282 g/mol. The second-order valence-electron chi connectivity index (χ2n) is 5.14. The van der Waals surface area contributed by atoms with Crippen molar-refractivity contribution >= 4 is 11.9 Å². The maximum absolute atomic E-state index is 12.3. The minimum absolute atomic E-state index is 0.166. The van der Waals surface area contributed by atoms with Gasteiger partial charge in [0.2, 0.25) is 0 Å². The van der Waals surface area contributed by atoms with Gasteiger partial charge in [0.1, 0.15) is 6.10 Å². The highest BCUT2D eigenvalue weighted by molar-refractivity contribution is 5.82. The molecule has 1 amide bonds. The molecular formula is C14H26N4O2. The Kier molecular flexibility index (Phi) is 5.64. The first-order chi connectivity index (χ1) is 9.76. The summed E-state index contributed by atoms with van der Waals surface area (Å²) in [5, 5.41) is 3.30. The Morgan fingerprint density at radius 1 is 1.25 bits per heavy atom. The number of carbonyl (C=O) groups is 1. The highest BCUT2D eigenvalue weighted by Crippen LogP contribution is 2.16. The number of guanidine groups is 1. The van der Waals surface area contributed by atoms with Gasteiger partial charge in [-0.25, -0.2) is 0 Å². The van der Waals surface area contributed by atoms with E-state index in [0.29, 0.717) is 0 Å². The van der Waals surface area contributed by atoms with Crippen molar-refractivity contribution in [3.63, 3.8) is 0 Å². The van der Waals surface area contributed by atoms with Crippen molar-refractivity contribution in [2.24, 2.45) is 4.99 Å². The number of aliphatic imine (C=N–C) groups is 1. The summed E-state index contributed by atoms with van der Waals surface area (Å²) in [4.78, 5) is 20.9. The van der Waals surface area contributed by atoms with Gasteiger partial charge < -0.3 is 19.9 Å². The molecule has 0 aliphatic carbocycles. The van der Waals surface area contributed by atoms with E-state index in [-0.39, 0.29) is 12.0 Å². The molecule has 0 aromatic heterocycles. The molecule has 1 N–H and O–H groups in total. The molecule has 0 spiro atoms. The molecule has 6 heteroatoms. The van der Waals surface area contributed by atoms with Gasteiger partial charge in [0.25, 0.3) is 5.91 Å². The average molecular weight is 282 g/mol. The Balaban J connectivity index is 1.84. The van der Waals surface area contributed by atoms with E-state index in [4.69, 9.17) is 4.74 Å². The molecule has 20 heavy (non-hydrogen) atoms. The van der Waals surface area contributed by atoms with Crippen LogP contribution < -0.4 is 5.32 Å². The lowest BCUT2D eigenvalue weighted by molar-refractivity contribution is -0.142. The molecule has 0 saturated carbocycles. The van der Waals surface area contributed by atoms with Crippen LogP contribution in [0.1, 0.15) is 26.7 Å². The van der Waals surface area contributed by atoms with Gasteiger partial charge in [-0.1, -0.05) is 0 Å². The molecule has 0 aromatic rings. The lowest BCUT2D eigenvalue weighted by Gasteiger charge is -2.37. The molecule has 114 valence electrons. The fraction of sp³-hybridized carbons (Fsp3) is 0.857. The fourth-order valence-corrected chi connectivity index (χ4v) is 2.69. The number of nitrogens with one attached hydrogen (secondary N) is 1. The summed E-state index contributed by atoms with van der Waals surface area (Å²) in [5.74, 6) is 1.12. The van der Waals surface area contributed by atoms with Crippen LogP contribution in [0.3, 0.4) is 0 Å². The summed E-state index contributed by atoms with van der Waals surface area (Å²) in [6.07, 6.45) is 1.68. The molecule has 2 heterocycles. The zero-order valence-corrected chi connectivity index (χ0v) is 12.6. The Hall–Kier alpha value is -1.30. The predicted octanol–water partition coefficient (Wildman–Crippen LogP) is 0.295. The largest absolute Gasteiger partial charge is 0.368 e. The Morgan fingerprint density at radius 3 is 2.50 bits per heavy atom. The van der Waals surface area contributed by atoms with Crippen LogP contribution in [0.2, 0.25) is 0 Å². The normalized spacial score (nSPS) is 24.1. The van der Waals surface area contributed by atoms with Gasteiger partial charge in [0, 0.05) is 45.9 Å². The van der Waals surface area contributed by atoms with Crippen LogP contribution in [0.15, 0.2) is 4.99 Å². The van der Waals surface area contributed by atoms with Crippen LogP contribution >= 0.6 is 0 Å². The first kappa shape index (κ1) is 15.1. The highest BCUT2D eigenvalue weighted by Gasteiger charge is 2.30. The Bertz CT molecular complexity index is 345. The van der Waals surface area contributed by atoms with Crippen LogP contribution in [0, 0.1) is 0 Å². The van der Waals surface area contributed by atoms with Crippen molar-refractivity contribution in [1.82, 2.24) is 15.1 Å². The van der Waals surface area contributed by atoms with Gasteiger partial charge in [-0.3, -0.25) is 9.79 Å². The van der Waals surface area contributed by atoms with Crippen molar-refractivity contribution in [1.29, 1.82) is 0 Å². The maximum atomic E-state index is 12.3. The molecule has 1 unspecified atom stereocenters. The van der Waals surface area contributed by atoms with E-state index in [1.165, 1.54) is 0 Å². The van der Waals surface area contributed by atoms with Crippen LogP contribution in [0.4, 0.5) is 0 Å². The molecule has 2 fully saturated rings. The average Bonchev–Trinajstić information content (AvgIpc) is 3.01. The first-order valence-corrected chi connectivity index (χ1v) is 7.70. The minimum Gasteiger partial charge on any atom is -0.368 e. The zero-order valence-electron chi connectivity index (χ0n) is 12.6. The van der Waals surface area contributed by atoms with E-state index >= 15 is 0 Å². The lowest BCUT2D eigenvalue weighted by Crippen LogP contribution is -2.55. The van der Waals surface area contributed by atoms with Crippen LogP contribution in [-0.2, 0) is 9.53 Å². The van der Waals surface area contributed by atoms with E-state index in [1.54, 1.807) is 0 Å². The van der Waals surface area contributed by atoms with E-state index in [0.717, 1.165) is 64.7 Å². The number of piperazine rings is 1. The van der Waals surface area contributed by atoms with Crippen molar-refractivity contribution in [2.75, 3.05) is 45.9 Å². The molecule has 0 radical (unpaired) electrons. The number of hydrogen-bond acceptors (Lipinski definition) is 3. The maximum Gasteiger partial charge on any atom is 0.251 e. The molecule has 2 aliphatic rings. The topological polar surface area (TPSA) is 57.2 Å². The quantitative estimate of drug-likeness (QED) is 0.597. The summed E-state index contributed by atoms with van der Waals surface area (Å²) >= 11 is 0. The molecule has 2 rings (SSSR count). The summed E-state index contributed by atoms with van der Waals surface area (Å²) in [6.45, 7) is 9.67. The van der Waals surface area contributed by atoms with Gasteiger partial charge >= 0.3 is 0 Å². The van der Waals surface area contributed by atoms with E-state index in [2.05, 4.69) is 22.1 Å². The highest BCUT2D eigenvalue weighted by atomic mass is 16.5. The molecule has 6 nitrogen and oxygen atoms in total. The fourth-order valence-electron chi connectivity index (χ4n) is 2.69. The van der Waals surface area contributed by atoms with Gasteiger partial charge in [0.15, 0.2) is 5.96 Å². The van der Waals surface area contributed by atoms with E-state index in [1.807, 2.05) is 11.8 Å². The van der Waals surface area contributed by atoms with Crippen LogP contribution in [-0.4, -0.2) is 73.6 Å². The van der Waals surface area contributed by atoms with Gasteiger partial charge in [-0.05, 0) is 26.7 Å². The summed E-state index contributed by atoms with van der Waals surface area (Å²) in [5.41, 5.74) is 0. The number of nitrogens with zero attached hydrogens (tertiary/aromatic N) is 3. The number of amides is 1. The third kappa shape index (κ3) is 3.62. The second-order valence-corrected chi connectivity index (χ2v) is 5.14. The Labute approximate surface area is 121 Å². The van der Waals surface area contributed by atoms with Crippen molar-refractivity contribution in [3.8, 4) is 0 Å². The summed E-state index contributed by atoms with van der Waals surface area (Å²) in [7, 11) is 0. The standard InChI is InChI=1S/C14H26N4O2/c1-3-15-14(16-4-2)18-9-7-17(8-10-18)13(19)12-6-5-11-20-12/h12H,3-11H2,1-2H3,(H,15,16). The smallest absolute Gasteiger partial charge is 0.251 e. The van der Waals surface area contributed by atoms with Crippen molar-refractivity contribution in [2.45, 2.75) is 32.8 Å². The third-order valence-electron chi connectivity index (χ3n) is 3.74. The number of hydrogen-bond donors (Lipinski definition) is 1. The number of ether oxygens (including phenoxy) is 1. The zero-order chi connectivity index (χ0) is 14.4. The first-order valence-electron chi connectivity index (χ1n) is 7.70. The van der Waals surface area contributed by atoms with Gasteiger partial charge in [-0.2, -0.15) is 0 Å². The van der Waals surface area contributed by atoms with Crippen molar-refractivity contribution in [3.05, 3.63) is 0 Å². The molecule has 0 bridgehead atoms. The van der Waals surface area contributed by atoms with Gasteiger partial charge in [-0.15, -0.1) is 0 Å². The predicted molar refractivity (Wildman–Crippen MR) is 78.8 cm³/mol. The van der Waals surface area contributed by atoms with Crippen molar-refractivity contribution < 1.29 is 9.53 Å². The molecular weight excluding hydrogens is 256 g/mol. The lowest BCUT2D eigenvalue weighted by atomic mass is 10.2. The van der Waals surface area contributed by atoms with E-state index in [9.17, 15) is 4.79 Å². The number of rotatable bonds is 3. The third-order valence-corrected chi connectivity index (χ3v) is 3.74. The molecule has 2 aliphatic heterocycles. The van der Waals surface area contributed by atoms with Gasteiger partial charge in [0.05, 0.1) is 0 Å². The molecule has 1 atom stereocenters. The summed E-state index contributed by atoms with van der Waals surface area (Å²) in [6, 6.07) is 0. The molecule has 2 saturated heterocycles. The van der Waals surface area contributed by atoms with Crippen LogP contribution in [0.5, 0.6) is 0 Å². The van der Waals surface area contributed by atoms with Crippen LogP contribution in [0.25, 0.3) is 0 Å². The SMILES string of the molecule is CCN=C(NCC)N1CCN(C(=O)C2CCCO2)CC1. The molecule has 0 aromatic carbocycles. The second kappa shape index (κ2) is 7.47. The number of carbonyl (C=O) groups excluding carboxylic acids is 1. The Morgan fingerprint density at radius 2 is 1.95 bits per heavy atom. The minimum atomic E-state index is -0.195.